The van der Waals surface area contributed by atoms with E-state index in [-0.39, 0.29) is 30.6 Å². The van der Waals surface area contributed by atoms with Gasteiger partial charge >= 0.3 is 12.2 Å². The lowest BCUT2D eigenvalue weighted by Gasteiger charge is -2.13. The van der Waals surface area contributed by atoms with E-state index in [0.717, 1.165) is 0 Å². The summed E-state index contributed by atoms with van der Waals surface area (Å²) in [6, 6.07) is 0. The molecule has 9 heteroatoms. The van der Waals surface area contributed by atoms with E-state index in [1.54, 1.807) is 6.92 Å². The number of aromatic nitrogens is 1. The molecule has 0 aliphatic rings. The zero-order chi connectivity index (χ0) is 13.7. The molecular weight excluding hydrogens is 297 g/mol. The quantitative estimate of drug-likeness (QED) is 0.819. The van der Waals surface area contributed by atoms with Crippen LogP contribution in [0.3, 0.4) is 0 Å². The highest BCUT2D eigenvalue weighted by molar-refractivity contribution is 6.17. The van der Waals surface area contributed by atoms with Crippen molar-refractivity contribution in [3.05, 3.63) is 23.0 Å². The largest absolute Gasteiger partial charge is 0.445 e. The zero-order valence-corrected chi connectivity index (χ0v) is 11.6. The van der Waals surface area contributed by atoms with Gasteiger partial charge in [-0.05, 0) is 12.5 Å². The summed E-state index contributed by atoms with van der Waals surface area (Å²) < 4.78 is 9.50. The van der Waals surface area contributed by atoms with Gasteiger partial charge in [0.05, 0.1) is 5.69 Å². The first-order valence-electron chi connectivity index (χ1n) is 4.88. The number of ether oxygens (including phenoxy) is 2. The molecule has 1 rings (SSSR count). The Kier molecular flexibility index (Phi) is 6.95. The van der Waals surface area contributed by atoms with Crippen molar-refractivity contribution in [3.63, 3.8) is 0 Å². The number of hydrogen-bond acceptors (Lipinski definition) is 5. The van der Waals surface area contributed by atoms with Crippen molar-refractivity contribution in [3.8, 4) is 5.75 Å². The van der Waals surface area contributed by atoms with Crippen LogP contribution >= 0.6 is 24.0 Å². The van der Waals surface area contributed by atoms with Crippen molar-refractivity contribution in [2.24, 2.45) is 11.5 Å². The predicted octanol–water partition coefficient (Wildman–Crippen LogP) is 1.60. The first-order valence-corrected chi connectivity index (χ1v) is 5.42. The van der Waals surface area contributed by atoms with Gasteiger partial charge in [0.2, 0.25) is 0 Å². The second-order valence-electron chi connectivity index (χ2n) is 3.34. The fraction of sp³-hybridized carbons (Fsp3) is 0.300. The highest BCUT2D eigenvalue weighted by Gasteiger charge is 2.16. The van der Waals surface area contributed by atoms with Gasteiger partial charge in [-0.15, -0.1) is 24.0 Å². The number of alkyl halides is 1. The molecule has 0 spiro atoms. The van der Waals surface area contributed by atoms with E-state index in [4.69, 9.17) is 27.8 Å². The summed E-state index contributed by atoms with van der Waals surface area (Å²) in [6.07, 6.45) is -0.447. The Morgan fingerprint density at radius 1 is 1.37 bits per heavy atom. The van der Waals surface area contributed by atoms with E-state index in [1.165, 1.54) is 6.20 Å². The van der Waals surface area contributed by atoms with Crippen LogP contribution in [-0.4, -0.2) is 17.2 Å². The SMILES string of the molecule is Cc1ncc(CCl)c(COC(N)=O)c1OC(N)=O.Cl. The Bertz CT molecular complexity index is 482. The minimum Gasteiger partial charge on any atom is -0.445 e. The van der Waals surface area contributed by atoms with Gasteiger partial charge in [-0.3, -0.25) is 4.98 Å². The molecule has 0 aliphatic heterocycles. The summed E-state index contributed by atoms with van der Waals surface area (Å²) in [7, 11) is 0. The third-order valence-corrected chi connectivity index (χ3v) is 2.40. The molecule has 19 heavy (non-hydrogen) atoms. The summed E-state index contributed by atoms with van der Waals surface area (Å²) in [5.74, 6) is 0.238. The number of nitrogens with two attached hydrogens (primary N) is 2. The van der Waals surface area contributed by atoms with Crippen molar-refractivity contribution in [1.82, 2.24) is 4.98 Å². The van der Waals surface area contributed by atoms with Crippen molar-refractivity contribution in [2.45, 2.75) is 19.4 Å². The topological polar surface area (TPSA) is 118 Å². The highest BCUT2D eigenvalue weighted by Crippen LogP contribution is 2.27. The molecule has 0 radical (unpaired) electrons. The van der Waals surface area contributed by atoms with Gasteiger partial charge in [0, 0.05) is 17.6 Å². The van der Waals surface area contributed by atoms with Crippen molar-refractivity contribution in [1.29, 1.82) is 0 Å². The lowest BCUT2D eigenvalue weighted by atomic mass is 10.1. The molecule has 0 saturated heterocycles. The number of nitrogens with zero attached hydrogens (tertiary/aromatic N) is 1. The average molecular weight is 310 g/mol. The van der Waals surface area contributed by atoms with E-state index < -0.39 is 12.2 Å². The summed E-state index contributed by atoms with van der Waals surface area (Å²) in [4.78, 5) is 25.4. The Morgan fingerprint density at radius 3 is 2.47 bits per heavy atom. The molecular formula is C10H13Cl2N3O4. The Labute approximate surface area is 120 Å². The number of hydrogen-bond donors (Lipinski definition) is 2. The molecule has 4 N–H and O–H groups in total. The van der Waals surface area contributed by atoms with Crippen molar-refractivity contribution < 1.29 is 19.1 Å². The van der Waals surface area contributed by atoms with Crippen LogP contribution in [0.4, 0.5) is 9.59 Å². The molecule has 0 aromatic carbocycles. The lowest BCUT2D eigenvalue weighted by Crippen LogP contribution is -2.20. The molecule has 2 amide bonds. The van der Waals surface area contributed by atoms with Crippen molar-refractivity contribution >= 4 is 36.2 Å². The number of primary amides is 2. The summed E-state index contributed by atoms with van der Waals surface area (Å²) in [6.45, 7) is 1.44. The number of halogens is 2. The van der Waals surface area contributed by atoms with Gasteiger partial charge in [0.15, 0.2) is 5.75 Å². The Morgan fingerprint density at radius 2 is 2.00 bits per heavy atom. The fourth-order valence-corrected chi connectivity index (χ4v) is 1.56. The number of aryl methyl sites for hydroxylation is 1. The van der Waals surface area contributed by atoms with Crippen molar-refractivity contribution in [2.75, 3.05) is 0 Å². The van der Waals surface area contributed by atoms with Gasteiger partial charge in [0.25, 0.3) is 0 Å². The van der Waals surface area contributed by atoms with E-state index >= 15 is 0 Å². The third-order valence-electron chi connectivity index (χ3n) is 2.11. The van der Waals surface area contributed by atoms with E-state index in [0.29, 0.717) is 16.8 Å². The minimum atomic E-state index is -0.994. The second-order valence-corrected chi connectivity index (χ2v) is 3.61. The van der Waals surface area contributed by atoms with Gasteiger partial charge < -0.3 is 20.9 Å². The van der Waals surface area contributed by atoms with E-state index in [1.807, 2.05) is 0 Å². The van der Waals surface area contributed by atoms with Crippen LogP contribution in [0.25, 0.3) is 0 Å². The van der Waals surface area contributed by atoms with Gasteiger partial charge in [-0.1, -0.05) is 0 Å². The fourth-order valence-electron chi connectivity index (χ4n) is 1.33. The van der Waals surface area contributed by atoms with Crippen LogP contribution in [0.1, 0.15) is 16.8 Å². The van der Waals surface area contributed by atoms with E-state index in [9.17, 15) is 9.59 Å². The summed E-state index contributed by atoms with van der Waals surface area (Å²) >= 11 is 5.72. The predicted molar refractivity (Wildman–Crippen MR) is 70.4 cm³/mol. The van der Waals surface area contributed by atoms with Gasteiger partial charge in [-0.2, -0.15) is 0 Å². The monoisotopic (exact) mass is 309 g/mol. The highest BCUT2D eigenvalue weighted by atomic mass is 35.5. The minimum absolute atomic E-state index is 0. The van der Waals surface area contributed by atoms with E-state index in [2.05, 4.69) is 9.72 Å². The first kappa shape index (κ1) is 17.3. The third kappa shape index (κ3) is 4.80. The standard InChI is InChI=1S/C10H12ClN3O4.ClH/c1-5-8(18-10(13)16)7(4-17-9(12)15)6(2-11)3-14-5;/h3H,2,4H2,1H3,(H2,12,15)(H2,13,16);1H. The molecule has 0 aliphatic carbocycles. The second kappa shape index (κ2) is 7.65. The molecule has 0 unspecified atom stereocenters. The van der Waals surface area contributed by atoms with Crippen LogP contribution < -0.4 is 16.2 Å². The molecule has 7 nitrogen and oxygen atoms in total. The van der Waals surface area contributed by atoms with Crippen LogP contribution in [0.2, 0.25) is 0 Å². The zero-order valence-electron chi connectivity index (χ0n) is 10.0. The molecule has 0 atom stereocenters. The number of amides is 2. The summed E-state index contributed by atoms with van der Waals surface area (Å²) in [5, 5.41) is 0. The molecule has 1 aromatic rings. The molecule has 1 aromatic heterocycles. The normalized spacial score (nSPS) is 9.37. The number of carbonyl (C=O) groups is 2. The number of carbonyl (C=O) groups excluding carboxylic acids is 2. The Balaban J connectivity index is 0.00000324. The maximum atomic E-state index is 10.8. The molecule has 1 heterocycles. The van der Waals surface area contributed by atoms with Crippen LogP contribution in [0.5, 0.6) is 5.75 Å². The summed E-state index contributed by atoms with van der Waals surface area (Å²) in [5.41, 5.74) is 11.2. The molecule has 0 saturated carbocycles. The smallest absolute Gasteiger partial charge is 0.410 e. The maximum Gasteiger partial charge on any atom is 0.410 e. The molecule has 106 valence electrons. The first-order chi connectivity index (χ1) is 8.45. The Hall–Kier alpha value is -1.73. The van der Waals surface area contributed by atoms with Crippen LogP contribution in [0.15, 0.2) is 6.20 Å². The number of rotatable bonds is 4. The van der Waals surface area contributed by atoms with Gasteiger partial charge in [-0.25, -0.2) is 9.59 Å². The van der Waals surface area contributed by atoms with Crippen LogP contribution in [0, 0.1) is 6.92 Å². The average Bonchev–Trinajstić information content (AvgIpc) is 2.29. The number of pyridine rings is 1. The molecule has 0 fully saturated rings. The van der Waals surface area contributed by atoms with Gasteiger partial charge in [0.1, 0.15) is 6.61 Å². The van der Waals surface area contributed by atoms with Crippen LogP contribution in [-0.2, 0) is 17.2 Å². The maximum absolute atomic E-state index is 10.8. The lowest BCUT2D eigenvalue weighted by molar-refractivity contribution is 0.148. The molecule has 0 bridgehead atoms.